The molecular weight excluding hydrogens is 417 g/mol. The van der Waals surface area contributed by atoms with Crippen LogP contribution in [0.15, 0.2) is 29.3 Å². The number of aliphatic imine (C=N–C) groups is 1. The van der Waals surface area contributed by atoms with E-state index in [9.17, 15) is 4.79 Å². The van der Waals surface area contributed by atoms with E-state index in [1.165, 1.54) is 0 Å². The lowest BCUT2D eigenvalue weighted by Gasteiger charge is -2.36. The molecule has 1 aromatic rings. The predicted molar refractivity (Wildman–Crippen MR) is 105 cm³/mol. The maximum atomic E-state index is 11.4. The average molecular weight is 441 g/mol. The Bertz CT molecular complexity index is 618. The minimum atomic E-state index is 0. The number of carbonyl (C=O) groups is 1. The van der Waals surface area contributed by atoms with Crippen LogP contribution in [0.2, 0.25) is 0 Å². The van der Waals surface area contributed by atoms with Crippen molar-refractivity contribution in [3.8, 4) is 6.07 Å². The molecule has 0 saturated carbocycles. The van der Waals surface area contributed by atoms with Crippen molar-refractivity contribution in [3.63, 3.8) is 0 Å². The summed E-state index contributed by atoms with van der Waals surface area (Å²) in [6, 6.07) is 9.65. The Morgan fingerprint density at radius 2 is 1.96 bits per heavy atom. The minimum Gasteiger partial charge on any atom is -0.357 e. The molecule has 1 fully saturated rings. The lowest BCUT2D eigenvalue weighted by atomic mass is 10.1. The van der Waals surface area contributed by atoms with Gasteiger partial charge in [-0.15, -0.1) is 24.0 Å². The molecule has 0 aromatic heterocycles. The van der Waals surface area contributed by atoms with E-state index in [1.807, 2.05) is 30.0 Å². The van der Waals surface area contributed by atoms with Gasteiger partial charge in [-0.05, 0) is 24.6 Å². The summed E-state index contributed by atoms with van der Waals surface area (Å²) < 4.78 is 0. The second-order valence-electron chi connectivity index (χ2n) is 5.48. The summed E-state index contributed by atoms with van der Waals surface area (Å²) in [4.78, 5) is 20.1. The number of rotatable bonds is 3. The lowest BCUT2D eigenvalue weighted by Crippen LogP contribution is -2.53. The van der Waals surface area contributed by atoms with Gasteiger partial charge in [-0.3, -0.25) is 4.79 Å². The van der Waals surface area contributed by atoms with Crippen LogP contribution in [0.4, 0.5) is 0 Å². The van der Waals surface area contributed by atoms with Gasteiger partial charge in [0, 0.05) is 39.6 Å². The van der Waals surface area contributed by atoms with Crippen molar-refractivity contribution in [2.45, 2.75) is 20.4 Å². The first kappa shape index (κ1) is 20.2. The van der Waals surface area contributed by atoms with Crippen molar-refractivity contribution in [2.24, 2.45) is 4.99 Å². The zero-order valence-corrected chi connectivity index (χ0v) is 16.5. The van der Waals surface area contributed by atoms with Crippen LogP contribution in [0.25, 0.3) is 0 Å². The van der Waals surface area contributed by atoms with E-state index in [0.717, 1.165) is 44.2 Å². The van der Waals surface area contributed by atoms with Crippen LogP contribution in [0.1, 0.15) is 25.0 Å². The van der Waals surface area contributed by atoms with Gasteiger partial charge in [0.1, 0.15) is 0 Å². The number of nitrogens with zero attached hydrogens (tertiary/aromatic N) is 4. The fourth-order valence-corrected chi connectivity index (χ4v) is 2.56. The van der Waals surface area contributed by atoms with Gasteiger partial charge >= 0.3 is 0 Å². The maximum absolute atomic E-state index is 11.4. The van der Waals surface area contributed by atoms with Crippen molar-refractivity contribution in [1.29, 1.82) is 5.26 Å². The van der Waals surface area contributed by atoms with Crippen molar-refractivity contribution < 1.29 is 4.79 Å². The number of carbonyl (C=O) groups excluding carboxylic acids is 1. The van der Waals surface area contributed by atoms with Gasteiger partial charge in [-0.25, -0.2) is 4.99 Å². The van der Waals surface area contributed by atoms with Gasteiger partial charge in [0.2, 0.25) is 5.91 Å². The number of piperazine rings is 1. The highest BCUT2D eigenvalue weighted by molar-refractivity contribution is 14.0. The van der Waals surface area contributed by atoms with Crippen LogP contribution < -0.4 is 5.32 Å². The molecule has 1 aliphatic heterocycles. The number of halogens is 1. The number of nitriles is 1. The Kier molecular flexibility index (Phi) is 8.54. The SMILES string of the molecule is CCNC(=NCc1cccc(C#N)c1)N1CCN(C(C)=O)CC1.I. The number of guanidine groups is 1. The maximum Gasteiger partial charge on any atom is 0.219 e. The molecule has 0 aliphatic carbocycles. The smallest absolute Gasteiger partial charge is 0.219 e. The molecule has 130 valence electrons. The van der Waals surface area contributed by atoms with Gasteiger partial charge in [0.25, 0.3) is 0 Å². The quantitative estimate of drug-likeness (QED) is 0.441. The standard InChI is InChI=1S/C17H23N5O.HI/c1-3-19-17(22-9-7-21(8-10-22)14(2)23)20-13-16-6-4-5-15(11-16)12-18;/h4-6,11H,3,7-10,13H2,1-2H3,(H,19,20);1H. The van der Waals surface area contributed by atoms with Crippen molar-refractivity contribution in [3.05, 3.63) is 35.4 Å². The largest absolute Gasteiger partial charge is 0.357 e. The third-order valence-corrected chi connectivity index (χ3v) is 3.83. The minimum absolute atomic E-state index is 0. The Morgan fingerprint density at radius 3 is 2.54 bits per heavy atom. The molecule has 0 radical (unpaired) electrons. The van der Waals surface area contributed by atoms with E-state index in [4.69, 9.17) is 5.26 Å². The summed E-state index contributed by atoms with van der Waals surface area (Å²) in [5.74, 6) is 0.984. The summed E-state index contributed by atoms with van der Waals surface area (Å²) in [6.45, 7) is 7.99. The highest BCUT2D eigenvalue weighted by Gasteiger charge is 2.20. The summed E-state index contributed by atoms with van der Waals surface area (Å²) in [5.41, 5.74) is 1.67. The lowest BCUT2D eigenvalue weighted by molar-refractivity contribution is -0.130. The predicted octanol–water partition coefficient (Wildman–Crippen LogP) is 1.81. The van der Waals surface area contributed by atoms with Gasteiger partial charge in [-0.1, -0.05) is 12.1 Å². The van der Waals surface area contributed by atoms with Crippen LogP contribution in [-0.4, -0.2) is 54.4 Å². The van der Waals surface area contributed by atoms with E-state index in [1.54, 1.807) is 13.0 Å². The Labute approximate surface area is 160 Å². The van der Waals surface area contributed by atoms with E-state index in [0.29, 0.717) is 12.1 Å². The molecule has 24 heavy (non-hydrogen) atoms. The summed E-state index contributed by atoms with van der Waals surface area (Å²) in [7, 11) is 0. The molecule has 1 aliphatic rings. The van der Waals surface area contributed by atoms with Crippen LogP contribution in [0.5, 0.6) is 0 Å². The number of benzene rings is 1. The van der Waals surface area contributed by atoms with Gasteiger partial charge in [0.15, 0.2) is 5.96 Å². The molecular formula is C17H24IN5O. The van der Waals surface area contributed by atoms with Crippen LogP contribution >= 0.6 is 24.0 Å². The first-order chi connectivity index (χ1) is 11.1. The average Bonchev–Trinajstić information content (AvgIpc) is 2.59. The van der Waals surface area contributed by atoms with E-state index >= 15 is 0 Å². The van der Waals surface area contributed by atoms with Crippen LogP contribution in [0, 0.1) is 11.3 Å². The summed E-state index contributed by atoms with van der Waals surface area (Å²) in [6.07, 6.45) is 0. The zero-order chi connectivity index (χ0) is 16.7. The molecule has 6 nitrogen and oxygen atoms in total. The number of amides is 1. The number of hydrogen-bond acceptors (Lipinski definition) is 3. The fourth-order valence-electron chi connectivity index (χ4n) is 2.56. The fraction of sp³-hybridized carbons (Fsp3) is 0.471. The highest BCUT2D eigenvalue weighted by atomic mass is 127. The molecule has 0 spiro atoms. The summed E-state index contributed by atoms with van der Waals surface area (Å²) in [5, 5.41) is 12.3. The van der Waals surface area contributed by atoms with Gasteiger partial charge in [0.05, 0.1) is 18.2 Å². The molecule has 1 saturated heterocycles. The van der Waals surface area contributed by atoms with E-state index in [2.05, 4.69) is 21.3 Å². The number of nitrogens with one attached hydrogen (secondary N) is 1. The first-order valence-corrected chi connectivity index (χ1v) is 7.92. The topological polar surface area (TPSA) is 71.7 Å². The second-order valence-corrected chi connectivity index (χ2v) is 5.48. The Morgan fingerprint density at radius 1 is 1.29 bits per heavy atom. The van der Waals surface area contributed by atoms with E-state index in [-0.39, 0.29) is 29.9 Å². The molecule has 2 rings (SSSR count). The van der Waals surface area contributed by atoms with Gasteiger partial charge in [-0.2, -0.15) is 5.26 Å². The molecule has 1 amide bonds. The molecule has 0 atom stereocenters. The highest BCUT2D eigenvalue weighted by Crippen LogP contribution is 2.07. The van der Waals surface area contributed by atoms with E-state index < -0.39 is 0 Å². The molecule has 0 unspecified atom stereocenters. The third kappa shape index (κ3) is 5.67. The Hall–Kier alpha value is -1.82. The Balaban J connectivity index is 0.00000288. The van der Waals surface area contributed by atoms with Crippen molar-refractivity contribution >= 4 is 35.8 Å². The zero-order valence-electron chi connectivity index (χ0n) is 14.2. The van der Waals surface area contributed by atoms with Crippen LogP contribution in [0.3, 0.4) is 0 Å². The molecule has 1 heterocycles. The molecule has 1 aromatic carbocycles. The molecule has 1 N–H and O–H groups in total. The van der Waals surface area contributed by atoms with Crippen LogP contribution in [-0.2, 0) is 11.3 Å². The molecule has 0 bridgehead atoms. The normalized spacial score (nSPS) is 14.6. The third-order valence-electron chi connectivity index (χ3n) is 3.83. The van der Waals surface area contributed by atoms with Gasteiger partial charge < -0.3 is 15.1 Å². The van der Waals surface area contributed by atoms with Crippen molar-refractivity contribution in [1.82, 2.24) is 15.1 Å². The monoisotopic (exact) mass is 441 g/mol. The summed E-state index contributed by atoms with van der Waals surface area (Å²) >= 11 is 0. The number of hydrogen-bond donors (Lipinski definition) is 1. The van der Waals surface area contributed by atoms with Crippen molar-refractivity contribution in [2.75, 3.05) is 32.7 Å². The first-order valence-electron chi connectivity index (χ1n) is 7.92. The second kappa shape index (κ2) is 10.1. The molecule has 7 heteroatoms.